The van der Waals surface area contributed by atoms with Crippen LogP contribution in [0, 0.1) is 0 Å². The second kappa shape index (κ2) is 7.75. The van der Waals surface area contributed by atoms with E-state index in [0.29, 0.717) is 6.04 Å². The topological polar surface area (TPSA) is 32.7 Å². The van der Waals surface area contributed by atoms with Gasteiger partial charge in [0.1, 0.15) is 4.38 Å². The first-order valence-corrected chi connectivity index (χ1v) is 10.3. The first-order valence-electron chi connectivity index (χ1n) is 8.45. The number of thioether (sulfide) groups is 2. The Labute approximate surface area is 147 Å². The van der Waals surface area contributed by atoms with Crippen LogP contribution in [-0.4, -0.2) is 33.0 Å². The van der Waals surface area contributed by atoms with Gasteiger partial charge in [-0.05, 0) is 44.2 Å². The number of likely N-dealkylation sites (tertiary alicyclic amines) is 1. The summed E-state index contributed by atoms with van der Waals surface area (Å²) in [6.45, 7) is 5.13. The molecule has 1 fully saturated rings. The lowest BCUT2D eigenvalue weighted by atomic mass is 10.00. The molecule has 2 atom stereocenters. The lowest BCUT2D eigenvalue weighted by Gasteiger charge is -2.36. The SMILES string of the molecule is CCC1CCCCN1C(=O)C(C)SC1=Nc2ccccc2CS1. The number of rotatable bonds is 3. The van der Waals surface area contributed by atoms with Crippen molar-refractivity contribution in [2.75, 3.05) is 6.54 Å². The molecule has 0 aliphatic carbocycles. The van der Waals surface area contributed by atoms with E-state index in [1.54, 1.807) is 23.5 Å². The lowest BCUT2D eigenvalue weighted by Crippen LogP contribution is -2.46. The van der Waals surface area contributed by atoms with Crippen molar-refractivity contribution < 1.29 is 4.79 Å². The number of nitrogens with zero attached hydrogens (tertiary/aromatic N) is 2. The zero-order valence-corrected chi connectivity index (χ0v) is 15.5. The Morgan fingerprint density at radius 1 is 1.43 bits per heavy atom. The molecule has 2 unspecified atom stereocenters. The summed E-state index contributed by atoms with van der Waals surface area (Å²) in [7, 11) is 0. The molecule has 2 heterocycles. The van der Waals surface area contributed by atoms with Crippen molar-refractivity contribution in [1.82, 2.24) is 4.90 Å². The van der Waals surface area contributed by atoms with Crippen LogP contribution in [0.3, 0.4) is 0 Å². The molecule has 0 saturated carbocycles. The normalized spacial score (nSPS) is 22.3. The minimum Gasteiger partial charge on any atom is -0.339 e. The highest BCUT2D eigenvalue weighted by Crippen LogP contribution is 2.36. The van der Waals surface area contributed by atoms with E-state index in [1.807, 2.05) is 13.0 Å². The minimum atomic E-state index is -0.0568. The number of benzene rings is 1. The van der Waals surface area contributed by atoms with Gasteiger partial charge in [-0.2, -0.15) is 0 Å². The van der Waals surface area contributed by atoms with Crippen LogP contribution in [0.4, 0.5) is 5.69 Å². The highest BCUT2D eigenvalue weighted by molar-refractivity contribution is 8.39. The molecule has 1 amide bonds. The predicted octanol–water partition coefficient (Wildman–Crippen LogP) is 4.83. The van der Waals surface area contributed by atoms with Gasteiger partial charge in [-0.1, -0.05) is 48.6 Å². The maximum Gasteiger partial charge on any atom is 0.236 e. The van der Waals surface area contributed by atoms with Gasteiger partial charge in [0, 0.05) is 18.3 Å². The molecule has 23 heavy (non-hydrogen) atoms. The molecule has 0 radical (unpaired) electrons. The fraction of sp³-hybridized carbons (Fsp3) is 0.556. The van der Waals surface area contributed by atoms with E-state index in [9.17, 15) is 4.79 Å². The van der Waals surface area contributed by atoms with Crippen molar-refractivity contribution in [1.29, 1.82) is 0 Å². The average molecular weight is 349 g/mol. The Hall–Kier alpha value is -0.940. The van der Waals surface area contributed by atoms with Gasteiger partial charge >= 0.3 is 0 Å². The third-order valence-corrected chi connectivity index (χ3v) is 6.85. The Morgan fingerprint density at radius 3 is 3.09 bits per heavy atom. The van der Waals surface area contributed by atoms with Crippen LogP contribution >= 0.6 is 23.5 Å². The summed E-state index contributed by atoms with van der Waals surface area (Å²) in [6.07, 6.45) is 4.61. The molecule has 0 aromatic heterocycles. The first-order chi connectivity index (χ1) is 11.2. The van der Waals surface area contributed by atoms with Gasteiger partial charge in [-0.15, -0.1) is 0 Å². The van der Waals surface area contributed by atoms with Crippen LogP contribution in [0.25, 0.3) is 0 Å². The molecule has 3 rings (SSSR count). The van der Waals surface area contributed by atoms with Crippen LogP contribution in [-0.2, 0) is 10.5 Å². The van der Waals surface area contributed by atoms with Gasteiger partial charge in [0.05, 0.1) is 10.9 Å². The summed E-state index contributed by atoms with van der Waals surface area (Å²) in [5, 5.41) is -0.0568. The summed E-state index contributed by atoms with van der Waals surface area (Å²) < 4.78 is 1.02. The fourth-order valence-electron chi connectivity index (χ4n) is 3.22. The Balaban J connectivity index is 1.66. The molecule has 124 valence electrons. The van der Waals surface area contributed by atoms with Crippen molar-refractivity contribution in [3.8, 4) is 0 Å². The van der Waals surface area contributed by atoms with E-state index in [1.165, 1.54) is 12.0 Å². The number of para-hydroxylation sites is 1. The van der Waals surface area contributed by atoms with Gasteiger partial charge in [0.15, 0.2) is 0 Å². The van der Waals surface area contributed by atoms with Gasteiger partial charge < -0.3 is 4.90 Å². The van der Waals surface area contributed by atoms with Crippen LogP contribution in [0.15, 0.2) is 29.3 Å². The van der Waals surface area contributed by atoms with Crippen LogP contribution in [0.2, 0.25) is 0 Å². The molecule has 1 aromatic carbocycles. The van der Waals surface area contributed by atoms with E-state index in [-0.39, 0.29) is 11.2 Å². The zero-order chi connectivity index (χ0) is 16.2. The van der Waals surface area contributed by atoms with Gasteiger partial charge in [0.2, 0.25) is 5.91 Å². The molecule has 2 aliphatic rings. The molecule has 3 nitrogen and oxygen atoms in total. The largest absolute Gasteiger partial charge is 0.339 e. The molecule has 1 aromatic rings. The van der Waals surface area contributed by atoms with Gasteiger partial charge in [0.25, 0.3) is 0 Å². The average Bonchev–Trinajstić information content (AvgIpc) is 2.60. The van der Waals surface area contributed by atoms with Crippen LogP contribution in [0.1, 0.15) is 45.1 Å². The van der Waals surface area contributed by atoms with Crippen molar-refractivity contribution in [2.45, 2.75) is 56.6 Å². The fourth-order valence-corrected chi connectivity index (χ4v) is 5.48. The van der Waals surface area contributed by atoms with Gasteiger partial charge in [-0.3, -0.25) is 4.79 Å². The molecular weight excluding hydrogens is 324 g/mol. The Bertz CT molecular complexity index is 602. The number of hydrogen-bond acceptors (Lipinski definition) is 4. The molecule has 0 bridgehead atoms. The molecule has 5 heteroatoms. The lowest BCUT2D eigenvalue weighted by molar-refractivity contribution is -0.134. The maximum atomic E-state index is 12.8. The molecule has 0 N–H and O–H groups in total. The van der Waals surface area contributed by atoms with E-state index < -0.39 is 0 Å². The van der Waals surface area contributed by atoms with Crippen molar-refractivity contribution in [2.24, 2.45) is 4.99 Å². The summed E-state index contributed by atoms with van der Waals surface area (Å²) >= 11 is 3.37. The van der Waals surface area contributed by atoms with Crippen molar-refractivity contribution >= 4 is 39.5 Å². The first kappa shape index (κ1) is 16.9. The predicted molar refractivity (Wildman–Crippen MR) is 102 cm³/mol. The van der Waals surface area contributed by atoms with E-state index >= 15 is 0 Å². The van der Waals surface area contributed by atoms with Gasteiger partial charge in [-0.25, -0.2) is 4.99 Å². The number of hydrogen-bond donors (Lipinski definition) is 0. The van der Waals surface area contributed by atoms with Crippen molar-refractivity contribution in [3.05, 3.63) is 29.8 Å². The zero-order valence-electron chi connectivity index (χ0n) is 13.8. The standard InChI is InChI=1S/C18H24N2OS2/c1-3-15-9-6-7-11-20(15)17(21)13(2)23-18-19-16-10-5-4-8-14(16)12-22-18/h4-5,8,10,13,15H,3,6-7,9,11-12H2,1-2H3. The summed E-state index contributed by atoms with van der Waals surface area (Å²) in [5.41, 5.74) is 2.33. The molecular formula is C18H24N2OS2. The van der Waals surface area contributed by atoms with E-state index in [2.05, 4.69) is 30.0 Å². The number of carbonyl (C=O) groups is 1. The van der Waals surface area contributed by atoms with E-state index in [0.717, 1.165) is 41.6 Å². The Kier molecular flexibility index (Phi) is 5.70. The number of fused-ring (bicyclic) bond motifs is 1. The van der Waals surface area contributed by atoms with Crippen molar-refractivity contribution in [3.63, 3.8) is 0 Å². The smallest absolute Gasteiger partial charge is 0.236 e. The highest BCUT2D eigenvalue weighted by Gasteiger charge is 2.30. The summed E-state index contributed by atoms with van der Waals surface area (Å²) in [6, 6.07) is 8.69. The van der Waals surface area contributed by atoms with Crippen LogP contribution < -0.4 is 0 Å². The number of aliphatic imine (C=N–C) groups is 1. The highest BCUT2D eigenvalue weighted by atomic mass is 32.2. The summed E-state index contributed by atoms with van der Waals surface area (Å²) in [4.78, 5) is 19.7. The van der Waals surface area contributed by atoms with E-state index in [4.69, 9.17) is 4.99 Å². The maximum absolute atomic E-state index is 12.8. The molecule has 2 aliphatic heterocycles. The second-order valence-corrected chi connectivity index (χ2v) is 8.70. The third-order valence-electron chi connectivity index (χ3n) is 4.56. The number of amides is 1. The number of carbonyl (C=O) groups excluding carboxylic acids is 1. The molecule has 1 saturated heterocycles. The summed E-state index contributed by atoms with van der Waals surface area (Å²) in [5.74, 6) is 1.23. The quantitative estimate of drug-likeness (QED) is 0.784. The second-order valence-electron chi connectivity index (χ2n) is 6.14. The monoisotopic (exact) mass is 348 g/mol. The minimum absolute atomic E-state index is 0.0568. The number of piperidine rings is 1. The Morgan fingerprint density at radius 2 is 2.26 bits per heavy atom. The third kappa shape index (κ3) is 3.94. The van der Waals surface area contributed by atoms with Crippen LogP contribution in [0.5, 0.6) is 0 Å². The molecule has 0 spiro atoms.